The number of aromatic nitrogens is 2. The van der Waals surface area contributed by atoms with Gasteiger partial charge < -0.3 is 4.42 Å². The minimum absolute atomic E-state index is 0.378. The first-order valence-corrected chi connectivity index (χ1v) is 7.86. The van der Waals surface area contributed by atoms with Crippen LogP contribution in [0.25, 0.3) is 10.8 Å². The van der Waals surface area contributed by atoms with E-state index in [1.165, 1.54) is 27.1 Å². The van der Waals surface area contributed by atoms with Crippen molar-refractivity contribution in [2.75, 3.05) is 7.05 Å². The lowest BCUT2D eigenvalue weighted by Gasteiger charge is -2.15. The summed E-state index contributed by atoms with van der Waals surface area (Å²) >= 11 is 1.50. The van der Waals surface area contributed by atoms with Crippen LogP contribution in [0.3, 0.4) is 0 Å². The smallest absolute Gasteiger partial charge is 0.387 e. The largest absolute Gasteiger partial charge is 0.438 e. The van der Waals surface area contributed by atoms with E-state index in [1.807, 2.05) is 29.5 Å². The Morgan fingerprint density at radius 2 is 2.05 bits per heavy atom. The molecule has 0 amide bonds. The Bertz CT molecular complexity index is 788. The van der Waals surface area contributed by atoms with Crippen molar-refractivity contribution < 1.29 is 4.42 Å². The number of hydrogen-bond acceptors (Lipinski definition) is 5. The molecular formula is C16H17N3O2S. The molecule has 114 valence electrons. The summed E-state index contributed by atoms with van der Waals surface area (Å²) < 4.78 is 6.56. The lowest BCUT2D eigenvalue weighted by molar-refractivity contribution is 0.237. The fourth-order valence-electron chi connectivity index (χ4n) is 2.18. The Balaban J connectivity index is 1.70. The molecule has 0 bridgehead atoms. The highest BCUT2D eigenvalue weighted by atomic mass is 32.1. The van der Waals surface area contributed by atoms with Crippen molar-refractivity contribution in [3.63, 3.8) is 0 Å². The summed E-state index contributed by atoms with van der Waals surface area (Å²) in [6.45, 7) is 3.20. The molecule has 0 saturated carbocycles. The second-order valence-electron chi connectivity index (χ2n) is 5.29. The molecule has 0 aliphatic heterocycles. The van der Waals surface area contributed by atoms with E-state index in [4.69, 9.17) is 4.42 Å². The second-order valence-corrected chi connectivity index (χ2v) is 6.24. The zero-order valence-electron chi connectivity index (χ0n) is 12.5. The van der Waals surface area contributed by atoms with Crippen molar-refractivity contribution in [1.82, 2.24) is 14.7 Å². The van der Waals surface area contributed by atoms with Crippen molar-refractivity contribution in [1.29, 1.82) is 0 Å². The maximum absolute atomic E-state index is 11.9. The first kappa shape index (κ1) is 14.7. The topological polar surface area (TPSA) is 51.3 Å². The molecule has 0 atom stereocenters. The van der Waals surface area contributed by atoms with Crippen LogP contribution in [0.15, 0.2) is 51.0 Å². The molecule has 1 aromatic carbocycles. The zero-order valence-corrected chi connectivity index (χ0v) is 13.3. The Kier molecular flexibility index (Phi) is 4.22. The van der Waals surface area contributed by atoms with Gasteiger partial charge in [0.2, 0.25) is 0 Å². The van der Waals surface area contributed by atoms with Gasteiger partial charge in [-0.05, 0) is 31.0 Å². The Hall–Kier alpha value is -2.18. The summed E-state index contributed by atoms with van der Waals surface area (Å²) in [5.41, 5.74) is 2.43. The molecule has 0 aliphatic carbocycles. The van der Waals surface area contributed by atoms with Crippen LogP contribution in [0.4, 0.5) is 0 Å². The molecule has 0 aliphatic rings. The predicted octanol–water partition coefficient (Wildman–Crippen LogP) is 2.96. The van der Waals surface area contributed by atoms with Crippen LogP contribution in [0.5, 0.6) is 0 Å². The van der Waals surface area contributed by atoms with Crippen LogP contribution in [-0.4, -0.2) is 21.7 Å². The Morgan fingerprint density at radius 1 is 1.27 bits per heavy atom. The van der Waals surface area contributed by atoms with Gasteiger partial charge in [0.25, 0.3) is 5.89 Å². The van der Waals surface area contributed by atoms with E-state index in [2.05, 4.69) is 36.3 Å². The molecule has 3 rings (SSSR count). The van der Waals surface area contributed by atoms with E-state index in [1.54, 1.807) is 0 Å². The van der Waals surface area contributed by atoms with E-state index < -0.39 is 5.76 Å². The fraction of sp³-hybridized carbons (Fsp3) is 0.250. The van der Waals surface area contributed by atoms with E-state index in [-0.39, 0.29) is 0 Å². The van der Waals surface area contributed by atoms with Crippen molar-refractivity contribution in [3.05, 3.63) is 63.5 Å². The Labute approximate surface area is 132 Å². The first-order chi connectivity index (χ1) is 10.6. The lowest BCUT2D eigenvalue weighted by atomic mass is 10.1. The van der Waals surface area contributed by atoms with E-state index in [9.17, 15) is 4.79 Å². The summed E-state index contributed by atoms with van der Waals surface area (Å²) in [4.78, 5) is 14.8. The highest BCUT2D eigenvalue weighted by Gasteiger charge is 2.12. The van der Waals surface area contributed by atoms with Crippen molar-refractivity contribution in [2.24, 2.45) is 0 Å². The molecule has 2 heterocycles. The predicted molar refractivity (Wildman–Crippen MR) is 86.7 cm³/mol. The summed E-state index contributed by atoms with van der Waals surface area (Å²) in [5, 5.41) is 6.18. The number of hydrogen-bond donors (Lipinski definition) is 0. The van der Waals surface area contributed by atoms with Crippen molar-refractivity contribution in [3.8, 4) is 10.8 Å². The average molecular weight is 315 g/mol. The number of aryl methyl sites for hydroxylation is 1. The monoisotopic (exact) mass is 315 g/mol. The quantitative estimate of drug-likeness (QED) is 0.726. The van der Waals surface area contributed by atoms with Gasteiger partial charge in [-0.25, -0.2) is 4.79 Å². The van der Waals surface area contributed by atoms with Gasteiger partial charge in [-0.15, -0.1) is 16.4 Å². The molecule has 0 saturated heterocycles. The molecule has 0 unspecified atom stereocenters. The molecule has 5 nitrogen and oxygen atoms in total. The van der Waals surface area contributed by atoms with E-state index in [0.29, 0.717) is 12.6 Å². The number of rotatable bonds is 5. The molecular weight excluding hydrogens is 298 g/mol. The molecule has 0 radical (unpaired) electrons. The number of nitrogens with zero attached hydrogens (tertiary/aromatic N) is 3. The van der Waals surface area contributed by atoms with Gasteiger partial charge >= 0.3 is 5.76 Å². The molecule has 0 spiro atoms. The number of benzene rings is 1. The van der Waals surface area contributed by atoms with Gasteiger partial charge in [0.1, 0.15) is 6.67 Å². The molecule has 2 aromatic heterocycles. The maximum atomic E-state index is 11.9. The lowest BCUT2D eigenvalue weighted by Crippen LogP contribution is -2.28. The van der Waals surface area contributed by atoms with Gasteiger partial charge in [-0.2, -0.15) is 4.68 Å². The van der Waals surface area contributed by atoms with Crippen LogP contribution in [0.2, 0.25) is 0 Å². The third-order valence-electron chi connectivity index (χ3n) is 3.29. The van der Waals surface area contributed by atoms with Crippen LogP contribution >= 0.6 is 11.3 Å². The van der Waals surface area contributed by atoms with Crippen molar-refractivity contribution in [2.45, 2.75) is 20.1 Å². The van der Waals surface area contributed by atoms with Crippen LogP contribution < -0.4 is 5.76 Å². The van der Waals surface area contributed by atoms with Crippen LogP contribution in [0, 0.1) is 6.92 Å². The minimum Gasteiger partial charge on any atom is -0.387 e. The van der Waals surface area contributed by atoms with Crippen molar-refractivity contribution >= 4 is 11.3 Å². The average Bonchev–Trinajstić information content (AvgIpc) is 3.12. The Morgan fingerprint density at radius 3 is 2.73 bits per heavy atom. The van der Waals surface area contributed by atoms with Gasteiger partial charge in [-0.1, -0.05) is 35.9 Å². The van der Waals surface area contributed by atoms with Gasteiger partial charge in [0, 0.05) is 6.54 Å². The van der Waals surface area contributed by atoms with Gasteiger partial charge in [0.05, 0.1) is 4.88 Å². The van der Waals surface area contributed by atoms with E-state index in [0.717, 1.165) is 11.4 Å². The third-order valence-corrected chi connectivity index (χ3v) is 4.14. The molecule has 22 heavy (non-hydrogen) atoms. The molecule has 0 fully saturated rings. The fourth-order valence-corrected chi connectivity index (χ4v) is 2.82. The summed E-state index contributed by atoms with van der Waals surface area (Å²) in [7, 11) is 1.95. The summed E-state index contributed by atoms with van der Waals surface area (Å²) in [5.74, 6) is -0.0529. The van der Waals surface area contributed by atoms with E-state index >= 15 is 0 Å². The van der Waals surface area contributed by atoms with Crippen LogP contribution in [-0.2, 0) is 13.2 Å². The standard InChI is InChI=1S/C16H17N3O2S/c1-12-5-7-13(8-6-12)10-18(2)11-19-16(20)21-15(17-19)14-4-3-9-22-14/h3-9H,10-11H2,1-2H3. The molecule has 6 heteroatoms. The maximum Gasteiger partial charge on any atom is 0.438 e. The highest BCUT2D eigenvalue weighted by molar-refractivity contribution is 7.13. The molecule has 3 aromatic rings. The van der Waals surface area contributed by atoms with Gasteiger partial charge in [0.15, 0.2) is 0 Å². The number of thiophene rings is 1. The SMILES string of the molecule is Cc1ccc(CN(C)Cn2nc(-c3cccs3)oc2=O)cc1. The first-order valence-electron chi connectivity index (χ1n) is 6.98. The van der Waals surface area contributed by atoms with Crippen LogP contribution in [0.1, 0.15) is 11.1 Å². The summed E-state index contributed by atoms with van der Waals surface area (Å²) in [6.07, 6.45) is 0. The normalized spacial score (nSPS) is 11.2. The third kappa shape index (κ3) is 3.35. The van der Waals surface area contributed by atoms with Gasteiger partial charge in [-0.3, -0.25) is 4.90 Å². The highest BCUT2D eigenvalue weighted by Crippen LogP contribution is 2.21. The molecule has 0 N–H and O–H groups in total. The summed E-state index contributed by atoms with van der Waals surface area (Å²) in [6, 6.07) is 12.1. The zero-order chi connectivity index (χ0) is 15.5. The minimum atomic E-state index is -0.431. The second kappa shape index (κ2) is 6.29.